The highest BCUT2D eigenvalue weighted by Crippen LogP contribution is 2.42. The average Bonchev–Trinajstić information content (AvgIpc) is 3.07. The monoisotopic (exact) mass is 326 g/mol. The smallest absolute Gasteiger partial charge is 0.232 e. The van der Waals surface area contributed by atoms with E-state index in [4.69, 9.17) is 0 Å². The molecule has 5 heteroatoms. The number of benzene rings is 1. The molecule has 2 aromatic rings. The van der Waals surface area contributed by atoms with Crippen molar-refractivity contribution in [2.45, 2.75) is 39.0 Å². The number of rotatable bonds is 2. The van der Waals surface area contributed by atoms with Crippen molar-refractivity contribution >= 4 is 28.2 Å². The quantitative estimate of drug-likeness (QED) is 0.779. The van der Waals surface area contributed by atoms with Crippen LogP contribution >= 0.6 is 11.3 Å². The van der Waals surface area contributed by atoms with E-state index in [0.717, 1.165) is 12.1 Å². The van der Waals surface area contributed by atoms with Crippen LogP contribution in [0.3, 0.4) is 0 Å². The lowest BCUT2D eigenvalue weighted by Crippen LogP contribution is -2.37. The van der Waals surface area contributed by atoms with Crippen LogP contribution in [0.5, 0.6) is 0 Å². The molecule has 0 bridgehead atoms. The fourth-order valence-corrected chi connectivity index (χ4v) is 4.36. The Morgan fingerprint density at radius 2 is 2.00 bits per heavy atom. The predicted octanol–water partition coefficient (Wildman–Crippen LogP) is 3.80. The van der Waals surface area contributed by atoms with Gasteiger partial charge < -0.3 is 5.32 Å². The van der Waals surface area contributed by atoms with E-state index in [9.17, 15) is 9.59 Å². The van der Waals surface area contributed by atoms with E-state index in [2.05, 4.69) is 22.4 Å². The fourth-order valence-electron chi connectivity index (χ4n) is 3.37. The molecule has 4 rings (SSSR count). The Bertz CT molecular complexity index is 799. The molecular formula is C18H18N2O2S. The van der Waals surface area contributed by atoms with Crippen molar-refractivity contribution in [3.63, 3.8) is 0 Å². The molecule has 1 N–H and O–H groups in total. The van der Waals surface area contributed by atoms with Crippen LogP contribution in [0, 0.1) is 5.41 Å². The van der Waals surface area contributed by atoms with Crippen LogP contribution in [0.25, 0.3) is 11.3 Å². The Labute approximate surface area is 138 Å². The summed E-state index contributed by atoms with van der Waals surface area (Å²) in [5.74, 6) is 0.255. The Hall–Kier alpha value is -2.01. The molecule has 0 atom stereocenters. The SMILES string of the molecule is CC1(C(=O)Nc2nc3c(s2)Cc2ccccc2-3)CCC(=O)CC1. The predicted molar refractivity (Wildman–Crippen MR) is 90.6 cm³/mol. The molecule has 0 aliphatic heterocycles. The number of thiazole rings is 1. The van der Waals surface area contributed by atoms with Gasteiger partial charge in [0, 0.05) is 35.1 Å². The summed E-state index contributed by atoms with van der Waals surface area (Å²) >= 11 is 1.56. The number of amides is 1. The van der Waals surface area contributed by atoms with Gasteiger partial charge in [0.2, 0.25) is 5.91 Å². The number of fused-ring (bicyclic) bond motifs is 3. The van der Waals surface area contributed by atoms with Crippen molar-refractivity contribution in [1.29, 1.82) is 0 Å². The molecular weight excluding hydrogens is 308 g/mol. The summed E-state index contributed by atoms with van der Waals surface area (Å²) in [5, 5.41) is 3.66. The minimum absolute atomic E-state index is 0.00860. The zero-order valence-corrected chi connectivity index (χ0v) is 13.8. The van der Waals surface area contributed by atoms with E-state index in [1.54, 1.807) is 11.3 Å². The molecule has 1 fully saturated rings. The van der Waals surface area contributed by atoms with Gasteiger partial charge in [-0.1, -0.05) is 31.2 Å². The maximum Gasteiger partial charge on any atom is 0.232 e. The van der Waals surface area contributed by atoms with Gasteiger partial charge in [-0.3, -0.25) is 9.59 Å². The first-order valence-electron chi connectivity index (χ1n) is 7.96. The molecule has 1 aromatic carbocycles. The number of nitrogens with one attached hydrogen (secondary N) is 1. The summed E-state index contributed by atoms with van der Waals surface area (Å²) in [4.78, 5) is 29.9. The Morgan fingerprint density at radius 1 is 1.26 bits per heavy atom. The molecule has 23 heavy (non-hydrogen) atoms. The summed E-state index contributed by atoms with van der Waals surface area (Å²) in [6.07, 6.45) is 3.17. The van der Waals surface area contributed by atoms with E-state index in [0.29, 0.717) is 30.8 Å². The second kappa shape index (κ2) is 5.27. The second-order valence-electron chi connectivity index (χ2n) is 6.68. The zero-order valence-electron chi connectivity index (χ0n) is 13.0. The number of carbonyl (C=O) groups is 2. The lowest BCUT2D eigenvalue weighted by molar-refractivity contribution is -0.130. The van der Waals surface area contributed by atoms with Crippen molar-refractivity contribution in [1.82, 2.24) is 4.98 Å². The van der Waals surface area contributed by atoms with E-state index in [-0.39, 0.29) is 11.7 Å². The number of hydrogen-bond donors (Lipinski definition) is 1. The molecule has 0 unspecified atom stereocenters. The van der Waals surface area contributed by atoms with Gasteiger partial charge in [-0.05, 0) is 18.4 Å². The van der Waals surface area contributed by atoms with Crippen LogP contribution in [0.15, 0.2) is 24.3 Å². The molecule has 0 spiro atoms. The van der Waals surface area contributed by atoms with E-state index in [1.165, 1.54) is 16.0 Å². The van der Waals surface area contributed by atoms with Crippen molar-refractivity contribution in [2.24, 2.45) is 5.41 Å². The van der Waals surface area contributed by atoms with Crippen molar-refractivity contribution < 1.29 is 9.59 Å². The molecule has 4 nitrogen and oxygen atoms in total. The third-order valence-electron chi connectivity index (χ3n) is 5.00. The highest BCUT2D eigenvalue weighted by atomic mass is 32.1. The number of aromatic nitrogens is 1. The van der Waals surface area contributed by atoms with Crippen molar-refractivity contribution in [2.75, 3.05) is 5.32 Å². The molecule has 0 saturated heterocycles. The zero-order chi connectivity index (χ0) is 16.0. The van der Waals surface area contributed by atoms with Gasteiger partial charge in [0.25, 0.3) is 0 Å². The maximum atomic E-state index is 12.6. The average molecular weight is 326 g/mol. The van der Waals surface area contributed by atoms with Gasteiger partial charge in [0.1, 0.15) is 5.78 Å². The van der Waals surface area contributed by atoms with Crippen LogP contribution in [0.4, 0.5) is 5.13 Å². The lowest BCUT2D eigenvalue weighted by Gasteiger charge is -2.30. The van der Waals surface area contributed by atoms with Gasteiger partial charge in [-0.15, -0.1) is 11.3 Å². The number of anilines is 1. The molecule has 2 aliphatic rings. The van der Waals surface area contributed by atoms with Crippen molar-refractivity contribution in [3.05, 3.63) is 34.7 Å². The summed E-state index contributed by atoms with van der Waals surface area (Å²) < 4.78 is 0. The maximum absolute atomic E-state index is 12.6. The number of ketones is 1. The highest BCUT2D eigenvalue weighted by Gasteiger charge is 2.37. The molecule has 1 aromatic heterocycles. The number of carbonyl (C=O) groups excluding carboxylic acids is 2. The minimum Gasteiger partial charge on any atom is -0.301 e. The number of Topliss-reactive ketones (excluding diaryl/α,β-unsaturated/α-hetero) is 1. The topological polar surface area (TPSA) is 59.1 Å². The van der Waals surface area contributed by atoms with Gasteiger partial charge >= 0.3 is 0 Å². The first-order valence-corrected chi connectivity index (χ1v) is 8.78. The first kappa shape index (κ1) is 14.6. The Kier molecular flexibility index (Phi) is 3.34. The van der Waals surface area contributed by atoms with Crippen molar-refractivity contribution in [3.8, 4) is 11.3 Å². The van der Waals surface area contributed by atoms with Crippen LogP contribution in [0.2, 0.25) is 0 Å². The minimum atomic E-state index is -0.456. The van der Waals surface area contributed by atoms with Gasteiger partial charge in [0.15, 0.2) is 5.13 Å². The van der Waals surface area contributed by atoms with E-state index < -0.39 is 5.41 Å². The summed E-state index contributed by atoms with van der Waals surface area (Å²) in [7, 11) is 0. The van der Waals surface area contributed by atoms with Crippen LogP contribution in [-0.2, 0) is 16.0 Å². The summed E-state index contributed by atoms with van der Waals surface area (Å²) in [6.45, 7) is 1.95. The highest BCUT2D eigenvalue weighted by molar-refractivity contribution is 7.16. The van der Waals surface area contributed by atoms with Gasteiger partial charge in [0.05, 0.1) is 5.69 Å². The molecule has 118 valence electrons. The normalized spacial score (nSPS) is 18.4. The standard InChI is InChI=1S/C18H18N2O2S/c1-18(8-6-12(21)7-9-18)16(22)20-17-19-15-13-5-3-2-4-11(13)10-14(15)23-17/h2-5H,6-10H2,1H3,(H,19,20,22). The lowest BCUT2D eigenvalue weighted by atomic mass is 9.74. The molecule has 1 heterocycles. The summed E-state index contributed by atoms with van der Waals surface area (Å²) in [6, 6.07) is 8.28. The fraction of sp³-hybridized carbons (Fsp3) is 0.389. The molecule has 2 aliphatic carbocycles. The van der Waals surface area contributed by atoms with Crippen LogP contribution < -0.4 is 5.32 Å². The van der Waals surface area contributed by atoms with E-state index >= 15 is 0 Å². The molecule has 1 amide bonds. The Morgan fingerprint density at radius 3 is 2.78 bits per heavy atom. The molecule has 1 saturated carbocycles. The third-order valence-corrected chi connectivity index (χ3v) is 5.97. The van der Waals surface area contributed by atoms with Crippen LogP contribution in [0.1, 0.15) is 43.0 Å². The second-order valence-corrected chi connectivity index (χ2v) is 7.76. The summed E-state index contributed by atoms with van der Waals surface area (Å²) in [5.41, 5.74) is 3.03. The van der Waals surface area contributed by atoms with Gasteiger partial charge in [-0.2, -0.15) is 0 Å². The first-order chi connectivity index (χ1) is 11.0. The number of nitrogens with zero attached hydrogens (tertiary/aromatic N) is 1. The number of hydrogen-bond acceptors (Lipinski definition) is 4. The van der Waals surface area contributed by atoms with Crippen LogP contribution in [-0.4, -0.2) is 16.7 Å². The molecule has 0 radical (unpaired) electrons. The van der Waals surface area contributed by atoms with E-state index in [1.807, 2.05) is 19.1 Å². The Balaban J connectivity index is 1.53. The third kappa shape index (κ3) is 2.49. The van der Waals surface area contributed by atoms with Gasteiger partial charge in [-0.25, -0.2) is 4.98 Å². The largest absolute Gasteiger partial charge is 0.301 e.